The van der Waals surface area contributed by atoms with Gasteiger partial charge >= 0.3 is 0 Å². The van der Waals surface area contributed by atoms with Gasteiger partial charge in [0.15, 0.2) is 0 Å². The van der Waals surface area contributed by atoms with E-state index in [0.717, 1.165) is 5.56 Å². The van der Waals surface area contributed by atoms with Crippen LogP contribution in [-0.2, 0) is 4.79 Å². The molecule has 1 aromatic carbocycles. The first kappa shape index (κ1) is 14.7. The zero-order valence-corrected chi connectivity index (χ0v) is 11.7. The van der Waals surface area contributed by atoms with Gasteiger partial charge in [0, 0.05) is 6.54 Å². The Kier molecular flexibility index (Phi) is 5.29. The molecule has 3 N–H and O–H groups in total. The second-order valence-corrected chi connectivity index (χ2v) is 5.29. The number of thiophene rings is 1. The second-order valence-electron chi connectivity index (χ2n) is 4.51. The third-order valence-corrected chi connectivity index (χ3v) is 3.69. The highest BCUT2D eigenvalue weighted by atomic mass is 32.1. The van der Waals surface area contributed by atoms with Crippen LogP contribution in [0.2, 0.25) is 0 Å². The van der Waals surface area contributed by atoms with E-state index in [9.17, 15) is 15.0 Å². The van der Waals surface area contributed by atoms with Crippen molar-refractivity contribution in [1.82, 2.24) is 5.32 Å². The van der Waals surface area contributed by atoms with Crippen molar-refractivity contribution in [2.24, 2.45) is 0 Å². The Morgan fingerprint density at radius 1 is 1.10 bits per heavy atom. The van der Waals surface area contributed by atoms with Crippen molar-refractivity contribution >= 4 is 17.2 Å². The number of carbonyl (C=O) groups excluding carboxylic acids is 1. The SMILES string of the molecule is O=C(CC(O)c1ccccc1)NCC(O)c1ccsc1. The first-order valence-corrected chi connectivity index (χ1v) is 7.31. The van der Waals surface area contributed by atoms with Gasteiger partial charge in [-0.3, -0.25) is 4.79 Å². The second kappa shape index (κ2) is 7.19. The predicted octanol–water partition coefficient (Wildman–Crippen LogP) is 2.02. The molecular formula is C15H17NO3S. The molecule has 0 aliphatic carbocycles. The van der Waals surface area contributed by atoms with Crippen molar-refractivity contribution in [2.45, 2.75) is 18.6 Å². The number of benzene rings is 1. The van der Waals surface area contributed by atoms with Gasteiger partial charge in [-0.05, 0) is 28.0 Å². The van der Waals surface area contributed by atoms with Crippen molar-refractivity contribution in [3.63, 3.8) is 0 Å². The van der Waals surface area contributed by atoms with Crippen molar-refractivity contribution in [3.05, 3.63) is 58.3 Å². The van der Waals surface area contributed by atoms with Crippen LogP contribution >= 0.6 is 11.3 Å². The molecule has 2 unspecified atom stereocenters. The minimum atomic E-state index is -0.825. The van der Waals surface area contributed by atoms with Crippen molar-refractivity contribution in [2.75, 3.05) is 6.54 Å². The summed E-state index contributed by atoms with van der Waals surface area (Å²) in [5.74, 6) is -0.282. The Morgan fingerprint density at radius 3 is 2.50 bits per heavy atom. The van der Waals surface area contributed by atoms with Gasteiger partial charge in [-0.2, -0.15) is 11.3 Å². The van der Waals surface area contributed by atoms with E-state index in [1.807, 2.05) is 35.0 Å². The number of hydrogen-bond acceptors (Lipinski definition) is 4. The number of amides is 1. The van der Waals surface area contributed by atoms with Crippen LogP contribution in [0.15, 0.2) is 47.2 Å². The molecule has 4 nitrogen and oxygen atoms in total. The number of carbonyl (C=O) groups is 1. The molecule has 2 atom stereocenters. The van der Waals surface area contributed by atoms with Crippen molar-refractivity contribution in [1.29, 1.82) is 0 Å². The zero-order chi connectivity index (χ0) is 14.4. The first-order chi connectivity index (χ1) is 9.66. The number of hydrogen-bond donors (Lipinski definition) is 3. The Hall–Kier alpha value is -1.69. The van der Waals surface area contributed by atoms with Gasteiger partial charge in [-0.25, -0.2) is 0 Å². The number of aliphatic hydroxyl groups is 2. The van der Waals surface area contributed by atoms with Crippen LogP contribution in [0, 0.1) is 0 Å². The largest absolute Gasteiger partial charge is 0.388 e. The maximum Gasteiger partial charge on any atom is 0.223 e. The number of aliphatic hydroxyl groups excluding tert-OH is 2. The molecule has 0 radical (unpaired) electrons. The molecule has 106 valence electrons. The highest BCUT2D eigenvalue weighted by molar-refractivity contribution is 7.07. The fraction of sp³-hybridized carbons (Fsp3) is 0.267. The highest BCUT2D eigenvalue weighted by Crippen LogP contribution is 2.17. The molecule has 0 aliphatic heterocycles. The summed E-state index contributed by atoms with van der Waals surface area (Å²) in [5, 5.41) is 26.1. The monoisotopic (exact) mass is 291 g/mol. The summed E-state index contributed by atoms with van der Waals surface area (Å²) < 4.78 is 0. The third-order valence-electron chi connectivity index (χ3n) is 2.98. The number of nitrogens with one attached hydrogen (secondary N) is 1. The minimum absolute atomic E-state index is 0.0135. The van der Waals surface area contributed by atoms with Crippen LogP contribution in [0.25, 0.3) is 0 Å². The average molecular weight is 291 g/mol. The van der Waals surface area contributed by atoms with Crippen LogP contribution in [0.3, 0.4) is 0 Å². The van der Waals surface area contributed by atoms with Crippen LogP contribution in [0.1, 0.15) is 29.8 Å². The van der Waals surface area contributed by atoms with Gasteiger partial charge in [-0.15, -0.1) is 0 Å². The molecule has 1 aromatic heterocycles. The molecular weight excluding hydrogens is 274 g/mol. The van der Waals surface area contributed by atoms with Crippen LogP contribution < -0.4 is 5.32 Å². The molecule has 1 heterocycles. The maximum absolute atomic E-state index is 11.7. The molecule has 0 aliphatic rings. The summed E-state index contributed by atoms with van der Waals surface area (Å²) in [6.07, 6.45) is -1.55. The summed E-state index contributed by atoms with van der Waals surface area (Å²) >= 11 is 1.50. The normalized spacial score (nSPS) is 13.7. The van der Waals surface area contributed by atoms with E-state index in [2.05, 4.69) is 5.32 Å². The molecule has 5 heteroatoms. The third kappa shape index (κ3) is 4.16. The first-order valence-electron chi connectivity index (χ1n) is 6.36. The Balaban J connectivity index is 1.78. The molecule has 0 fully saturated rings. The topological polar surface area (TPSA) is 69.6 Å². The fourth-order valence-electron chi connectivity index (χ4n) is 1.83. The average Bonchev–Trinajstić information content (AvgIpc) is 3.00. The predicted molar refractivity (Wildman–Crippen MR) is 78.3 cm³/mol. The summed E-state index contributed by atoms with van der Waals surface area (Å²) in [6, 6.07) is 10.9. The molecule has 0 saturated carbocycles. The van der Waals surface area contributed by atoms with E-state index in [0.29, 0.717) is 5.56 Å². The summed E-state index contributed by atoms with van der Waals surface area (Å²) in [7, 11) is 0. The zero-order valence-electron chi connectivity index (χ0n) is 10.9. The van der Waals surface area contributed by atoms with E-state index in [1.165, 1.54) is 11.3 Å². The van der Waals surface area contributed by atoms with Gasteiger partial charge < -0.3 is 15.5 Å². The Labute approximate surface area is 121 Å². The molecule has 2 aromatic rings. The molecule has 1 amide bonds. The van der Waals surface area contributed by atoms with Gasteiger partial charge in [0.1, 0.15) is 0 Å². The van der Waals surface area contributed by atoms with Gasteiger partial charge in [0.05, 0.1) is 18.6 Å². The molecule has 20 heavy (non-hydrogen) atoms. The van der Waals surface area contributed by atoms with Gasteiger partial charge in [-0.1, -0.05) is 30.3 Å². The van der Waals surface area contributed by atoms with E-state index in [-0.39, 0.29) is 18.9 Å². The van der Waals surface area contributed by atoms with E-state index < -0.39 is 12.2 Å². The number of rotatable bonds is 6. The lowest BCUT2D eigenvalue weighted by molar-refractivity contribution is -0.123. The lowest BCUT2D eigenvalue weighted by atomic mass is 10.1. The van der Waals surface area contributed by atoms with E-state index >= 15 is 0 Å². The minimum Gasteiger partial charge on any atom is -0.388 e. The smallest absolute Gasteiger partial charge is 0.223 e. The highest BCUT2D eigenvalue weighted by Gasteiger charge is 2.14. The Bertz CT molecular complexity index is 527. The summed E-state index contributed by atoms with van der Waals surface area (Å²) in [5.41, 5.74) is 1.50. The van der Waals surface area contributed by atoms with E-state index in [1.54, 1.807) is 12.1 Å². The van der Waals surface area contributed by atoms with Crippen LogP contribution in [0.5, 0.6) is 0 Å². The Morgan fingerprint density at radius 2 is 1.85 bits per heavy atom. The summed E-state index contributed by atoms with van der Waals surface area (Å²) in [6.45, 7) is 0.150. The van der Waals surface area contributed by atoms with E-state index in [4.69, 9.17) is 0 Å². The van der Waals surface area contributed by atoms with Crippen molar-refractivity contribution in [3.8, 4) is 0 Å². The molecule has 2 rings (SSSR count). The van der Waals surface area contributed by atoms with Gasteiger partial charge in [0.25, 0.3) is 0 Å². The molecule has 0 spiro atoms. The van der Waals surface area contributed by atoms with Crippen molar-refractivity contribution < 1.29 is 15.0 Å². The van der Waals surface area contributed by atoms with Gasteiger partial charge in [0.2, 0.25) is 5.91 Å². The standard InChI is InChI=1S/C15H17NO3S/c17-13(11-4-2-1-3-5-11)8-15(19)16-9-14(18)12-6-7-20-10-12/h1-7,10,13-14,17-18H,8-9H2,(H,16,19). The van der Waals surface area contributed by atoms with Crippen LogP contribution in [-0.4, -0.2) is 22.7 Å². The lowest BCUT2D eigenvalue weighted by Gasteiger charge is -2.13. The lowest BCUT2D eigenvalue weighted by Crippen LogP contribution is -2.29. The maximum atomic E-state index is 11.7. The molecule has 0 saturated heterocycles. The summed E-state index contributed by atoms with van der Waals surface area (Å²) in [4.78, 5) is 11.7. The molecule has 0 bridgehead atoms. The quantitative estimate of drug-likeness (QED) is 0.762. The fourth-order valence-corrected chi connectivity index (χ4v) is 2.54. The van der Waals surface area contributed by atoms with Crippen LogP contribution in [0.4, 0.5) is 0 Å².